The maximum Gasteiger partial charge on any atom is 0.0940 e. The fourth-order valence-electron chi connectivity index (χ4n) is 2.38. The van der Waals surface area contributed by atoms with Crippen LogP contribution in [0.25, 0.3) is 0 Å². The standard InChI is InChI=1S/C12H24N2/c1-3-7-10(4-2)11-8-5-6-9-12(13)14-11/h10-11H,3-9H2,1-2H3,(H2,13,14). The molecule has 0 spiro atoms. The average molecular weight is 196 g/mol. The summed E-state index contributed by atoms with van der Waals surface area (Å²) in [6.07, 6.45) is 8.61. The van der Waals surface area contributed by atoms with E-state index in [1.165, 1.54) is 38.5 Å². The SMILES string of the molecule is CCCC(CC)C1CCCCC(N)=N1. The molecule has 14 heavy (non-hydrogen) atoms. The topological polar surface area (TPSA) is 38.4 Å². The maximum atomic E-state index is 5.86. The van der Waals surface area contributed by atoms with Crippen LogP contribution in [0.5, 0.6) is 0 Å². The van der Waals surface area contributed by atoms with E-state index >= 15 is 0 Å². The first-order valence-corrected chi connectivity index (χ1v) is 6.10. The van der Waals surface area contributed by atoms with Crippen molar-refractivity contribution in [2.45, 2.75) is 64.8 Å². The van der Waals surface area contributed by atoms with Crippen LogP contribution in [0.3, 0.4) is 0 Å². The third kappa shape index (κ3) is 3.32. The van der Waals surface area contributed by atoms with Gasteiger partial charge in [-0.15, -0.1) is 0 Å². The van der Waals surface area contributed by atoms with Gasteiger partial charge in [0, 0.05) is 6.42 Å². The summed E-state index contributed by atoms with van der Waals surface area (Å²) in [5.74, 6) is 1.65. The van der Waals surface area contributed by atoms with Crippen LogP contribution in [0.15, 0.2) is 4.99 Å². The van der Waals surface area contributed by atoms with Crippen LogP contribution in [-0.4, -0.2) is 11.9 Å². The molecule has 0 aromatic carbocycles. The van der Waals surface area contributed by atoms with E-state index in [1.807, 2.05) is 0 Å². The first kappa shape index (κ1) is 11.5. The van der Waals surface area contributed by atoms with Crippen LogP contribution >= 0.6 is 0 Å². The lowest BCUT2D eigenvalue weighted by Crippen LogP contribution is -2.21. The van der Waals surface area contributed by atoms with Gasteiger partial charge in [-0.25, -0.2) is 0 Å². The number of hydrogen-bond acceptors (Lipinski definition) is 2. The van der Waals surface area contributed by atoms with Crippen molar-refractivity contribution in [1.29, 1.82) is 0 Å². The van der Waals surface area contributed by atoms with Crippen LogP contribution in [0.2, 0.25) is 0 Å². The third-order valence-corrected chi connectivity index (χ3v) is 3.24. The van der Waals surface area contributed by atoms with Gasteiger partial charge >= 0.3 is 0 Å². The van der Waals surface area contributed by atoms with Crippen LogP contribution in [-0.2, 0) is 0 Å². The minimum absolute atomic E-state index is 0.516. The molecular weight excluding hydrogens is 172 g/mol. The number of amidine groups is 1. The molecule has 0 amide bonds. The van der Waals surface area contributed by atoms with Crippen molar-refractivity contribution in [2.75, 3.05) is 0 Å². The van der Waals surface area contributed by atoms with Crippen molar-refractivity contribution in [2.24, 2.45) is 16.6 Å². The van der Waals surface area contributed by atoms with Crippen molar-refractivity contribution in [3.8, 4) is 0 Å². The van der Waals surface area contributed by atoms with Gasteiger partial charge in [-0.05, 0) is 25.2 Å². The first-order chi connectivity index (χ1) is 6.77. The van der Waals surface area contributed by atoms with Crippen molar-refractivity contribution < 1.29 is 0 Å². The molecule has 0 aromatic heterocycles. The molecule has 0 saturated heterocycles. The molecule has 0 saturated carbocycles. The molecule has 1 rings (SSSR count). The highest BCUT2D eigenvalue weighted by Gasteiger charge is 2.20. The molecule has 2 N–H and O–H groups in total. The molecule has 0 radical (unpaired) electrons. The monoisotopic (exact) mass is 196 g/mol. The highest BCUT2D eigenvalue weighted by Crippen LogP contribution is 2.25. The zero-order chi connectivity index (χ0) is 10.4. The summed E-state index contributed by atoms with van der Waals surface area (Å²) < 4.78 is 0. The molecule has 2 nitrogen and oxygen atoms in total. The summed E-state index contributed by atoms with van der Waals surface area (Å²) in [4.78, 5) is 4.66. The molecule has 1 aliphatic rings. The van der Waals surface area contributed by atoms with Gasteiger partial charge in [0.2, 0.25) is 0 Å². The maximum absolute atomic E-state index is 5.86. The molecule has 0 aromatic rings. The van der Waals surface area contributed by atoms with E-state index in [1.54, 1.807) is 0 Å². The smallest absolute Gasteiger partial charge is 0.0940 e. The third-order valence-electron chi connectivity index (χ3n) is 3.24. The Balaban J connectivity index is 2.57. The van der Waals surface area contributed by atoms with Gasteiger partial charge in [-0.1, -0.05) is 33.1 Å². The zero-order valence-electron chi connectivity index (χ0n) is 9.63. The van der Waals surface area contributed by atoms with Crippen LogP contribution in [0.1, 0.15) is 58.8 Å². The fraction of sp³-hybridized carbons (Fsp3) is 0.917. The molecule has 1 heterocycles. The Morgan fingerprint density at radius 2 is 2.21 bits per heavy atom. The summed E-state index contributed by atoms with van der Waals surface area (Å²) >= 11 is 0. The van der Waals surface area contributed by atoms with E-state index in [9.17, 15) is 0 Å². The molecule has 2 atom stereocenters. The lowest BCUT2D eigenvalue weighted by Gasteiger charge is -2.21. The largest absolute Gasteiger partial charge is 0.387 e. The Hall–Kier alpha value is -0.530. The molecule has 82 valence electrons. The highest BCUT2D eigenvalue weighted by atomic mass is 14.9. The Bertz CT molecular complexity index is 187. The predicted molar refractivity (Wildman–Crippen MR) is 62.6 cm³/mol. The van der Waals surface area contributed by atoms with Crippen molar-refractivity contribution in [3.63, 3.8) is 0 Å². The second-order valence-electron chi connectivity index (χ2n) is 4.39. The van der Waals surface area contributed by atoms with Gasteiger partial charge in [0.05, 0.1) is 11.9 Å². The van der Waals surface area contributed by atoms with E-state index < -0.39 is 0 Å². The van der Waals surface area contributed by atoms with E-state index in [4.69, 9.17) is 5.73 Å². The van der Waals surface area contributed by atoms with Gasteiger partial charge in [-0.3, -0.25) is 4.99 Å². The first-order valence-electron chi connectivity index (χ1n) is 6.10. The average Bonchev–Trinajstić information content (AvgIpc) is 2.39. The molecule has 0 bridgehead atoms. The van der Waals surface area contributed by atoms with Crippen LogP contribution < -0.4 is 5.73 Å². The Labute approximate surface area is 88.0 Å². The Kier molecular flexibility index (Phi) is 4.99. The van der Waals surface area contributed by atoms with Gasteiger partial charge in [0.15, 0.2) is 0 Å². The quantitative estimate of drug-likeness (QED) is 0.737. The molecule has 2 heteroatoms. The number of nitrogens with two attached hydrogens (primary N) is 1. The number of hydrogen-bond donors (Lipinski definition) is 1. The van der Waals surface area contributed by atoms with E-state index in [0.29, 0.717) is 6.04 Å². The van der Waals surface area contributed by atoms with Crippen molar-refractivity contribution >= 4 is 5.84 Å². The van der Waals surface area contributed by atoms with Gasteiger partial charge in [-0.2, -0.15) is 0 Å². The van der Waals surface area contributed by atoms with E-state index in [2.05, 4.69) is 18.8 Å². The van der Waals surface area contributed by atoms with Crippen LogP contribution in [0, 0.1) is 5.92 Å². The van der Waals surface area contributed by atoms with Crippen LogP contribution in [0.4, 0.5) is 0 Å². The molecule has 1 aliphatic heterocycles. The molecule has 0 fully saturated rings. The number of rotatable bonds is 4. The summed E-state index contributed by atoms with van der Waals surface area (Å²) in [6, 6.07) is 0.516. The van der Waals surface area contributed by atoms with Gasteiger partial charge in [0.25, 0.3) is 0 Å². The minimum atomic E-state index is 0.516. The highest BCUT2D eigenvalue weighted by molar-refractivity contribution is 5.80. The number of aliphatic imine (C=N–C) groups is 1. The fourth-order valence-corrected chi connectivity index (χ4v) is 2.38. The Morgan fingerprint density at radius 1 is 1.43 bits per heavy atom. The molecule has 2 unspecified atom stereocenters. The summed E-state index contributed by atoms with van der Waals surface area (Å²) in [7, 11) is 0. The van der Waals surface area contributed by atoms with Crippen molar-refractivity contribution in [3.05, 3.63) is 0 Å². The predicted octanol–water partition coefficient (Wildman–Crippen LogP) is 3.11. The second-order valence-corrected chi connectivity index (χ2v) is 4.39. The van der Waals surface area contributed by atoms with Gasteiger partial charge in [0.1, 0.15) is 0 Å². The molecule has 0 aliphatic carbocycles. The van der Waals surface area contributed by atoms with Crippen molar-refractivity contribution in [1.82, 2.24) is 0 Å². The Morgan fingerprint density at radius 3 is 2.86 bits per heavy atom. The van der Waals surface area contributed by atoms with E-state index in [0.717, 1.165) is 18.2 Å². The summed E-state index contributed by atoms with van der Waals surface area (Å²) in [5.41, 5.74) is 5.86. The molecular formula is C12H24N2. The summed E-state index contributed by atoms with van der Waals surface area (Å²) in [6.45, 7) is 4.53. The second kappa shape index (κ2) is 6.05. The normalized spacial score (nSPS) is 25.3. The summed E-state index contributed by atoms with van der Waals surface area (Å²) in [5, 5.41) is 0. The number of nitrogens with zero attached hydrogens (tertiary/aromatic N) is 1. The lowest BCUT2D eigenvalue weighted by atomic mass is 9.90. The zero-order valence-corrected chi connectivity index (χ0v) is 9.63. The lowest BCUT2D eigenvalue weighted by molar-refractivity contribution is 0.361. The van der Waals surface area contributed by atoms with Gasteiger partial charge < -0.3 is 5.73 Å². The minimum Gasteiger partial charge on any atom is -0.387 e. The van der Waals surface area contributed by atoms with E-state index in [-0.39, 0.29) is 0 Å².